The molecule has 0 aliphatic rings. The van der Waals surface area contributed by atoms with Gasteiger partial charge in [0.05, 0.1) is 6.61 Å². The predicted molar refractivity (Wildman–Crippen MR) is 129 cm³/mol. The fourth-order valence-corrected chi connectivity index (χ4v) is 3.71. The third kappa shape index (κ3) is 8.68. The van der Waals surface area contributed by atoms with E-state index in [-0.39, 0.29) is 18.5 Å². The first-order valence-corrected chi connectivity index (χ1v) is 11.6. The summed E-state index contributed by atoms with van der Waals surface area (Å²) in [6, 6.07) is 3.51. The Bertz CT molecular complexity index is 819. The van der Waals surface area contributed by atoms with Gasteiger partial charge in [-0.15, -0.1) is 0 Å². The third-order valence-electron chi connectivity index (χ3n) is 5.19. The number of ether oxygens (including phenoxy) is 1. The van der Waals surface area contributed by atoms with E-state index in [4.69, 9.17) is 4.74 Å². The molecule has 1 aromatic carbocycles. The predicted octanol–water partition coefficient (Wildman–Crippen LogP) is 3.38. The Balaban J connectivity index is 3.32. The lowest BCUT2D eigenvalue weighted by molar-refractivity contribution is -0.143. The minimum Gasteiger partial charge on any atom is -0.444 e. The maximum atomic E-state index is 13.4. The molecule has 0 saturated heterocycles. The minimum absolute atomic E-state index is 0.0573. The number of nitrogens with one attached hydrogen (secondary N) is 2. The van der Waals surface area contributed by atoms with Crippen molar-refractivity contribution in [3.05, 3.63) is 34.9 Å². The highest BCUT2D eigenvalue weighted by Crippen LogP contribution is 2.26. The van der Waals surface area contributed by atoms with Crippen LogP contribution in [-0.2, 0) is 14.3 Å². The van der Waals surface area contributed by atoms with Gasteiger partial charge in [-0.1, -0.05) is 37.1 Å². The molecule has 3 amide bonds. The minimum atomic E-state index is -1.24. The summed E-state index contributed by atoms with van der Waals surface area (Å²) >= 11 is 0. The fraction of sp³-hybridized carbons (Fsp3) is 0.640. The highest BCUT2D eigenvalue weighted by Gasteiger charge is 2.36. The average molecular weight is 464 g/mol. The molecule has 0 aliphatic heterocycles. The molecule has 0 aliphatic carbocycles. The van der Waals surface area contributed by atoms with Gasteiger partial charge in [-0.2, -0.15) is 0 Å². The van der Waals surface area contributed by atoms with Crippen LogP contribution < -0.4 is 10.6 Å². The molecule has 3 N–H and O–H groups in total. The highest BCUT2D eigenvalue weighted by molar-refractivity contribution is 5.92. The standard InChI is InChI=1S/C25H41N3O5/c1-9-11-18(5)26-22(30)21(19-13-12-16(3)14-17(19)4)28(10-2)23(31)20(15-29)27-24(32)33-25(6,7)8/h12-14,18,20-21,29H,9-11,15H2,1-8H3,(H,26,30)(H,27,32). The van der Waals surface area contributed by atoms with Gasteiger partial charge >= 0.3 is 6.09 Å². The molecular formula is C25H41N3O5. The lowest BCUT2D eigenvalue weighted by atomic mass is 9.96. The smallest absolute Gasteiger partial charge is 0.408 e. The van der Waals surface area contributed by atoms with Gasteiger partial charge in [0.25, 0.3) is 0 Å². The number of aryl methyl sites for hydroxylation is 2. The number of nitrogens with zero attached hydrogens (tertiary/aromatic N) is 1. The number of carbonyl (C=O) groups excluding carboxylic acids is 3. The maximum absolute atomic E-state index is 13.4. The largest absolute Gasteiger partial charge is 0.444 e. The van der Waals surface area contributed by atoms with Gasteiger partial charge in [-0.05, 0) is 66.0 Å². The third-order valence-corrected chi connectivity index (χ3v) is 5.19. The Morgan fingerprint density at radius 1 is 1.12 bits per heavy atom. The number of hydrogen-bond donors (Lipinski definition) is 3. The van der Waals surface area contributed by atoms with Crippen LogP contribution in [0.5, 0.6) is 0 Å². The summed E-state index contributed by atoms with van der Waals surface area (Å²) in [7, 11) is 0. The quantitative estimate of drug-likeness (QED) is 0.493. The van der Waals surface area contributed by atoms with Gasteiger partial charge in [0.15, 0.2) is 0 Å². The Kier molecular flexibility index (Phi) is 10.8. The van der Waals surface area contributed by atoms with Crippen molar-refractivity contribution < 1.29 is 24.2 Å². The fourth-order valence-electron chi connectivity index (χ4n) is 3.71. The summed E-state index contributed by atoms with van der Waals surface area (Å²) < 4.78 is 5.23. The van der Waals surface area contributed by atoms with Crippen LogP contribution in [0, 0.1) is 13.8 Å². The summed E-state index contributed by atoms with van der Waals surface area (Å²) in [5.74, 6) is -0.860. The van der Waals surface area contributed by atoms with Crippen molar-refractivity contribution in [2.75, 3.05) is 13.2 Å². The maximum Gasteiger partial charge on any atom is 0.408 e. The first-order valence-electron chi connectivity index (χ1n) is 11.6. The number of alkyl carbamates (subject to hydrolysis) is 1. The molecule has 0 bridgehead atoms. The van der Waals surface area contributed by atoms with Crippen molar-refractivity contribution in [3.8, 4) is 0 Å². The van der Waals surface area contributed by atoms with E-state index in [2.05, 4.69) is 10.6 Å². The molecule has 3 atom stereocenters. The number of likely N-dealkylation sites (N-methyl/N-ethyl adjacent to an activating group) is 1. The SMILES string of the molecule is CCCC(C)NC(=O)C(c1ccc(C)cc1C)N(CC)C(=O)C(CO)NC(=O)OC(C)(C)C. The van der Waals surface area contributed by atoms with Gasteiger partial charge in [0, 0.05) is 12.6 Å². The van der Waals surface area contributed by atoms with Crippen molar-refractivity contribution in [2.24, 2.45) is 0 Å². The van der Waals surface area contributed by atoms with Crippen molar-refractivity contribution >= 4 is 17.9 Å². The normalized spacial score (nSPS) is 14.1. The van der Waals surface area contributed by atoms with Crippen LogP contribution in [0.25, 0.3) is 0 Å². The van der Waals surface area contributed by atoms with Crippen LogP contribution in [0.15, 0.2) is 18.2 Å². The molecule has 8 heteroatoms. The number of aliphatic hydroxyl groups excluding tert-OH is 1. The van der Waals surface area contributed by atoms with Crippen LogP contribution in [0.1, 0.15) is 77.1 Å². The Labute approximate surface area is 198 Å². The van der Waals surface area contributed by atoms with Gasteiger partial charge < -0.3 is 25.4 Å². The molecular weight excluding hydrogens is 422 g/mol. The second-order valence-corrected chi connectivity index (χ2v) is 9.47. The molecule has 0 aromatic heterocycles. The lowest BCUT2D eigenvalue weighted by Crippen LogP contribution is -2.54. The monoisotopic (exact) mass is 463 g/mol. The Morgan fingerprint density at radius 3 is 2.24 bits per heavy atom. The van der Waals surface area contributed by atoms with E-state index in [0.29, 0.717) is 5.56 Å². The number of hydrogen-bond acceptors (Lipinski definition) is 5. The molecule has 33 heavy (non-hydrogen) atoms. The zero-order chi connectivity index (χ0) is 25.3. The van der Waals surface area contributed by atoms with E-state index in [9.17, 15) is 19.5 Å². The number of aliphatic hydroxyl groups is 1. The zero-order valence-corrected chi connectivity index (χ0v) is 21.3. The highest BCUT2D eigenvalue weighted by atomic mass is 16.6. The van der Waals surface area contributed by atoms with E-state index in [0.717, 1.165) is 24.0 Å². The molecule has 3 unspecified atom stereocenters. The van der Waals surface area contributed by atoms with Crippen LogP contribution in [0.3, 0.4) is 0 Å². The van der Waals surface area contributed by atoms with Crippen LogP contribution in [-0.4, -0.2) is 58.8 Å². The molecule has 1 aromatic rings. The van der Waals surface area contributed by atoms with Gasteiger partial charge in [-0.3, -0.25) is 9.59 Å². The van der Waals surface area contributed by atoms with E-state index in [1.807, 2.05) is 45.9 Å². The van der Waals surface area contributed by atoms with E-state index < -0.39 is 36.3 Å². The number of amides is 3. The average Bonchev–Trinajstić information content (AvgIpc) is 2.69. The molecule has 8 nitrogen and oxygen atoms in total. The summed E-state index contributed by atoms with van der Waals surface area (Å²) in [5.41, 5.74) is 1.87. The van der Waals surface area contributed by atoms with Gasteiger partial charge in [-0.25, -0.2) is 4.79 Å². The summed E-state index contributed by atoms with van der Waals surface area (Å²) in [6.07, 6.45) is 0.915. The summed E-state index contributed by atoms with van der Waals surface area (Å²) in [5, 5.41) is 15.3. The first-order chi connectivity index (χ1) is 15.3. The van der Waals surface area contributed by atoms with E-state index in [1.54, 1.807) is 27.7 Å². The Morgan fingerprint density at radius 2 is 1.76 bits per heavy atom. The van der Waals surface area contributed by atoms with Crippen molar-refractivity contribution in [1.29, 1.82) is 0 Å². The van der Waals surface area contributed by atoms with Crippen LogP contribution in [0.2, 0.25) is 0 Å². The zero-order valence-electron chi connectivity index (χ0n) is 21.3. The first kappa shape index (κ1) is 28.4. The van der Waals surface area contributed by atoms with Crippen LogP contribution >= 0.6 is 0 Å². The second-order valence-electron chi connectivity index (χ2n) is 9.47. The van der Waals surface area contributed by atoms with Gasteiger partial charge in [0.2, 0.25) is 11.8 Å². The van der Waals surface area contributed by atoms with E-state index >= 15 is 0 Å². The molecule has 186 valence electrons. The number of carbonyl (C=O) groups is 3. The number of benzene rings is 1. The lowest BCUT2D eigenvalue weighted by Gasteiger charge is -2.34. The molecule has 1 rings (SSSR count). The molecule has 0 radical (unpaired) electrons. The molecule has 0 fully saturated rings. The summed E-state index contributed by atoms with van der Waals surface area (Å²) in [4.78, 5) is 40.5. The van der Waals surface area contributed by atoms with Gasteiger partial charge in [0.1, 0.15) is 17.7 Å². The van der Waals surface area contributed by atoms with E-state index in [1.165, 1.54) is 4.90 Å². The van der Waals surface area contributed by atoms with Crippen LogP contribution in [0.4, 0.5) is 4.79 Å². The molecule has 0 heterocycles. The number of rotatable bonds is 10. The molecule has 0 saturated carbocycles. The Hall–Kier alpha value is -2.61. The van der Waals surface area contributed by atoms with Crippen molar-refractivity contribution in [1.82, 2.24) is 15.5 Å². The second kappa shape index (κ2) is 12.6. The molecule has 0 spiro atoms. The summed E-state index contributed by atoms with van der Waals surface area (Å²) in [6.45, 7) is 14.3. The van der Waals surface area contributed by atoms with Crippen molar-refractivity contribution in [3.63, 3.8) is 0 Å². The van der Waals surface area contributed by atoms with Crippen molar-refractivity contribution in [2.45, 2.75) is 92.0 Å². The topological polar surface area (TPSA) is 108 Å².